The van der Waals surface area contributed by atoms with Gasteiger partial charge in [-0.1, -0.05) is 6.07 Å². The molecule has 0 aliphatic heterocycles. The zero-order valence-corrected chi connectivity index (χ0v) is 11.6. The zero-order valence-electron chi connectivity index (χ0n) is 11.6. The van der Waals surface area contributed by atoms with Crippen LogP contribution in [-0.2, 0) is 9.53 Å². The van der Waals surface area contributed by atoms with Crippen LogP contribution < -0.4 is 5.32 Å². The van der Waals surface area contributed by atoms with Crippen molar-refractivity contribution in [2.75, 3.05) is 0 Å². The minimum Gasteiger partial charge on any atom is -0.444 e. The lowest BCUT2D eigenvalue weighted by Crippen LogP contribution is -2.35. The molecule has 6 heteroatoms. The van der Waals surface area contributed by atoms with E-state index >= 15 is 0 Å². The van der Waals surface area contributed by atoms with Crippen molar-refractivity contribution in [2.24, 2.45) is 0 Å². The highest BCUT2D eigenvalue weighted by Crippen LogP contribution is 2.19. The molecule has 0 spiro atoms. The summed E-state index contributed by atoms with van der Waals surface area (Å²) in [5.41, 5.74) is -0.397. The standard InChI is InChI=1S/C14H17F2NO3/c1-14(2,3)20-13(19)17-12(6-7-18)9-4-5-10(15)11(16)8-9/h4-5,7-8,12H,6H2,1-3H3,(H,17,19)/t12-/m1/s1. The maximum atomic E-state index is 13.2. The first-order chi connectivity index (χ1) is 9.23. The smallest absolute Gasteiger partial charge is 0.408 e. The van der Waals surface area contributed by atoms with Crippen molar-refractivity contribution >= 4 is 12.4 Å². The van der Waals surface area contributed by atoms with Crippen LogP contribution >= 0.6 is 0 Å². The summed E-state index contributed by atoms with van der Waals surface area (Å²) in [7, 11) is 0. The molecular weight excluding hydrogens is 268 g/mol. The number of ether oxygens (including phenoxy) is 1. The number of carbonyl (C=O) groups is 2. The van der Waals surface area contributed by atoms with E-state index in [-0.39, 0.29) is 6.42 Å². The van der Waals surface area contributed by atoms with Gasteiger partial charge in [0.1, 0.15) is 11.9 Å². The highest BCUT2D eigenvalue weighted by molar-refractivity contribution is 5.69. The fraction of sp³-hybridized carbons (Fsp3) is 0.429. The van der Waals surface area contributed by atoms with E-state index in [4.69, 9.17) is 4.74 Å². The Balaban J connectivity index is 2.85. The summed E-state index contributed by atoms with van der Waals surface area (Å²) in [5, 5.41) is 2.46. The first-order valence-electron chi connectivity index (χ1n) is 6.11. The second-order valence-electron chi connectivity index (χ2n) is 5.27. The largest absolute Gasteiger partial charge is 0.444 e. The first kappa shape index (κ1) is 16.1. The van der Waals surface area contributed by atoms with Crippen LogP contribution in [0.4, 0.5) is 13.6 Å². The van der Waals surface area contributed by atoms with Crippen molar-refractivity contribution < 1.29 is 23.1 Å². The lowest BCUT2D eigenvalue weighted by Gasteiger charge is -2.23. The van der Waals surface area contributed by atoms with E-state index in [0.29, 0.717) is 11.8 Å². The molecule has 0 bridgehead atoms. The van der Waals surface area contributed by atoms with Crippen LogP contribution in [0.3, 0.4) is 0 Å². The van der Waals surface area contributed by atoms with Gasteiger partial charge in [0.15, 0.2) is 11.6 Å². The molecule has 1 aromatic carbocycles. The second-order valence-corrected chi connectivity index (χ2v) is 5.27. The molecule has 0 heterocycles. The van der Waals surface area contributed by atoms with Crippen LogP contribution in [0.2, 0.25) is 0 Å². The van der Waals surface area contributed by atoms with E-state index in [0.717, 1.165) is 12.1 Å². The maximum Gasteiger partial charge on any atom is 0.408 e. The molecule has 1 amide bonds. The van der Waals surface area contributed by atoms with Gasteiger partial charge in [-0.25, -0.2) is 13.6 Å². The Morgan fingerprint density at radius 2 is 2.00 bits per heavy atom. The van der Waals surface area contributed by atoms with Gasteiger partial charge in [0.25, 0.3) is 0 Å². The van der Waals surface area contributed by atoms with Crippen molar-refractivity contribution in [3.63, 3.8) is 0 Å². The molecule has 0 fully saturated rings. The third-order valence-electron chi connectivity index (χ3n) is 2.37. The molecule has 20 heavy (non-hydrogen) atoms. The Labute approximate surface area is 116 Å². The van der Waals surface area contributed by atoms with Gasteiger partial charge in [-0.15, -0.1) is 0 Å². The van der Waals surface area contributed by atoms with Crippen molar-refractivity contribution in [1.82, 2.24) is 5.32 Å². The average molecular weight is 285 g/mol. The zero-order chi connectivity index (χ0) is 15.3. The minimum atomic E-state index is -1.04. The van der Waals surface area contributed by atoms with E-state index in [9.17, 15) is 18.4 Å². The Morgan fingerprint density at radius 3 is 2.50 bits per heavy atom. The van der Waals surface area contributed by atoms with Crippen LogP contribution in [0.5, 0.6) is 0 Å². The molecule has 1 N–H and O–H groups in total. The number of amides is 1. The number of carbonyl (C=O) groups excluding carboxylic acids is 2. The molecule has 0 radical (unpaired) electrons. The molecular formula is C14H17F2NO3. The predicted molar refractivity (Wildman–Crippen MR) is 69.1 cm³/mol. The van der Waals surface area contributed by atoms with Gasteiger partial charge < -0.3 is 14.8 Å². The molecule has 1 atom stereocenters. The Bertz CT molecular complexity index is 498. The maximum absolute atomic E-state index is 13.2. The summed E-state index contributed by atoms with van der Waals surface area (Å²) >= 11 is 0. The van der Waals surface area contributed by atoms with Gasteiger partial charge in [0.2, 0.25) is 0 Å². The molecule has 0 saturated heterocycles. The van der Waals surface area contributed by atoms with Gasteiger partial charge in [0, 0.05) is 6.42 Å². The molecule has 1 rings (SSSR count). The summed E-state index contributed by atoms with van der Waals surface area (Å²) in [6, 6.07) is 2.43. The fourth-order valence-corrected chi connectivity index (χ4v) is 1.55. The SMILES string of the molecule is CC(C)(C)OC(=O)N[C@H](CC=O)c1ccc(F)c(F)c1. The number of alkyl carbamates (subject to hydrolysis) is 1. The fourth-order valence-electron chi connectivity index (χ4n) is 1.55. The molecule has 110 valence electrons. The second kappa shape index (κ2) is 6.45. The topological polar surface area (TPSA) is 55.4 Å². The Hall–Kier alpha value is -1.98. The van der Waals surface area contributed by atoms with Crippen LogP contribution in [-0.4, -0.2) is 18.0 Å². The number of nitrogens with one attached hydrogen (secondary N) is 1. The van der Waals surface area contributed by atoms with E-state index in [2.05, 4.69) is 5.32 Å². The van der Waals surface area contributed by atoms with Crippen LogP contribution in [0, 0.1) is 11.6 Å². The third kappa shape index (κ3) is 4.95. The molecule has 0 aromatic heterocycles. The number of halogens is 2. The summed E-state index contributed by atoms with van der Waals surface area (Å²) in [6.45, 7) is 5.08. The van der Waals surface area contributed by atoms with Gasteiger partial charge >= 0.3 is 6.09 Å². The van der Waals surface area contributed by atoms with E-state index in [1.165, 1.54) is 6.07 Å². The van der Waals surface area contributed by atoms with Crippen molar-refractivity contribution in [3.8, 4) is 0 Å². The van der Waals surface area contributed by atoms with Gasteiger partial charge in [0.05, 0.1) is 6.04 Å². The van der Waals surface area contributed by atoms with Gasteiger partial charge in [-0.3, -0.25) is 0 Å². The molecule has 1 aromatic rings. The minimum absolute atomic E-state index is 0.0652. The van der Waals surface area contributed by atoms with Crippen LogP contribution in [0.25, 0.3) is 0 Å². The third-order valence-corrected chi connectivity index (χ3v) is 2.37. The predicted octanol–water partition coefficient (Wildman–Crippen LogP) is 3.12. The molecule has 0 aliphatic rings. The van der Waals surface area contributed by atoms with E-state index in [1.807, 2.05) is 0 Å². The van der Waals surface area contributed by atoms with Gasteiger partial charge in [-0.2, -0.15) is 0 Å². The first-order valence-corrected chi connectivity index (χ1v) is 6.11. The normalized spacial score (nSPS) is 12.7. The number of rotatable bonds is 4. The van der Waals surface area contributed by atoms with E-state index in [1.54, 1.807) is 20.8 Å². The van der Waals surface area contributed by atoms with Crippen molar-refractivity contribution in [2.45, 2.75) is 38.8 Å². The molecule has 4 nitrogen and oxygen atoms in total. The summed E-state index contributed by atoms with van der Waals surface area (Å²) in [6.07, 6.45) is -0.206. The monoisotopic (exact) mass is 285 g/mol. The Kier molecular flexibility index (Phi) is 5.19. The molecule has 0 unspecified atom stereocenters. The quantitative estimate of drug-likeness (QED) is 0.865. The highest BCUT2D eigenvalue weighted by atomic mass is 19.2. The van der Waals surface area contributed by atoms with Crippen molar-refractivity contribution in [3.05, 3.63) is 35.4 Å². The number of hydrogen-bond donors (Lipinski definition) is 1. The number of benzene rings is 1. The lowest BCUT2D eigenvalue weighted by atomic mass is 10.0. The highest BCUT2D eigenvalue weighted by Gasteiger charge is 2.21. The van der Waals surface area contributed by atoms with Crippen LogP contribution in [0.15, 0.2) is 18.2 Å². The Morgan fingerprint density at radius 1 is 1.35 bits per heavy atom. The lowest BCUT2D eigenvalue weighted by molar-refractivity contribution is -0.108. The number of aldehydes is 1. The average Bonchev–Trinajstić information content (AvgIpc) is 2.30. The molecule has 0 aliphatic carbocycles. The summed E-state index contributed by atoms with van der Waals surface area (Å²) in [4.78, 5) is 22.3. The van der Waals surface area contributed by atoms with Gasteiger partial charge in [-0.05, 0) is 38.5 Å². The summed E-state index contributed by atoms with van der Waals surface area (Å²) in [5.74, 6) is -2.03. The van der Waals surface area contributed by atoms with Crippen molar-refractivity contribution in [1.29, 1.82) is 0 Å². The van der Waals surface area contributed by atoms with Crippen LogP contribution in [0.1, 0.15) is 38.8 Å². The summed E-state index contributed by atoms with van der Waals surface area (Å²) < 4.78 is 31.1. The number of hydrogen-bond acceptors (Lipinski definition) is 3. The molecule has 0 saturated carbocycles. The van der Waals surface area contributed by atoms with E-state index < -0.39 is 29.4 Å².